The molecule has 1 aliphatic carbocycles. The molecule has 1 saturated heterocycles. The van der Waals surface area contributed by atoms with Gasteiger partial charge in [-0.2, -0.15) is 5.10 Å². The maximum absolute atomic E-state index is 13.5. The molecule has 7 rings (SSSR count). The number of nitrogens with zero attached hydrogens (tertiary/aromatic N) is 5. The van der Waals surface area contributed by atoms with Gasteiger partial charge in [-0.3, -0.25) is 18.9 Å². The Kier molecular flexibility index (Phi) is 5.12. The minimum Gasteiger partial charge on any atom is -0.383 e. The molecule has 8 nitrogen and oxygen atoms in total. The minimum absolute atomic E-state index is 0.0638. The standard InChI is InChI=1S/C29H28N6O2/c1-37-23-16-33(17-23)21-14-22(15-21)35-25-9-11-31-28(30)26(25)27(32-35)19-8-7-18-10-12-34(29(36)24(18)13-19)20-5-3-2-4-6-20/h2-13,21-23H,14-17H2,1H3,(H2,30,31). The zero-order valence-corrected chi connectivity index (χ0v) is 20.6. The van der Waals surface area contributed by atoms with Crippen molar-refractivity contribution in [2.75, 3.05) is 25.9 Å². The quantitative estimate of drug-likeness (QED) is 0.399. The number of rotatable bonds is 5. The highest BCUT2D eigenvalue weighted by Gasteiger charge is 2.41. The molecule has 0 atom stereocenters. The molecule has 1 saturated carbocycles. The number of likely N-dealkylation sites (tertiary alicyclic amines) is 1. The Hall–Kier alpha value is -4.01. The molecule has 0 spiro atoms. The number of methoxy groups -OCH3 is 1. The second-order valence-electron chi connectivity index (χ2n) is 10.1. The number of hydrogen-bond donors (Lipinski definition) is 1. The maximum atomic E-state index is 13.5. The summed E-state index contributed by atoms with van der Waals surface area (Å²) in [6.07, 6.45) is 6.03. The summed E-state index contributed by atoms with van der Waals surface area (Å²) >= 11 is 0. The minimum atomic E-state index is -0.0638. The number of benzene rings is 2. The second-order valence-corrected chi connectivity index (χ2v) is 10.1. The van der Waals surface area contributed by atoms with E-state index in [0.29, 0.717) is 29.4 Å². The summed E-state index contributed by atoms with van der Waals surface area (Å²) in [7, 11) is 1.78. The number of hydrogen-bond acceptors (Lipinski definition) is 6. The molecular formula is C29H28N6O2. The van der Waals surface area contributed by atoms with Crippen LogP contribution in [0.25, 0.3) is 38.6 Å². The molecule has 0 unspecified atom stereocenters. The van der Waals surface area contributed by atoms with Gasteiger partial charge in [0.25, 0.3) is 5.56 Å². The van der Waals surface area contributed by atoms with Crippen LogP contribution in [0, 0.1) is 0 Å². The first-order valence-corrected chi connectivity index (χ1v) is 12.7. The normalized spacial score (nSPS) is 20.2. The van der Waals surface area contributed by atoms with Gasteiger partial charge in [-0.25, -0.2) is 4.98 Å². The SMILES string of the molecule is COC1CN(C2CC(n3nc(-c4ccc5ccn(-c6ccccc6)c(=O)c5c4)c4c(N)nccc43)C2)C1. The summed E-state index contributed by atoms with van der Waals surface area (Å²) in [4.78, 5) is 20.3. The molecule has 2 N–H and O–H groups in total. The fourth-order valence-electron chi connectivity index (χ4n) is 5.74. The van der Waals surface area contributed by atoms with Crippen molar-refractivity contribution >= 4 is 27.5 Å². The van der Waals surface area contributed by atoms with Gasteiger partial charge in [-0.05, 0) is 48.6 Å². The Bertz CT molecular complexity index is 1680. The molecule has 2 fully saturated rings. The Morgan fingerprint density at radius 3 is 2.59 bits per heavy atom. The Balaban J connectivity index is 1.28. The first kappa shape index (κ1) is 22.2. The number of anilines is 1. The van der Waals surface area contributed by atoms with Crippen LogP contribution in [0.15, 0.2) is 77.9 Å². The van der Waals surface area contributed by atoms with E-state index in [9.17, 15) is 4.79 Å². The molecule has 8 heteroatoms. The van der Waals surface area contributed by atoms with Gasteiger partial charge in [0.1, 0.15) is 11.5 Å². The summed E-state index contributed by atoms with van der Waals surface area (Å²) in [5.41, 5.74) is 9.78. The molecular weight excluding hydrogens is 464 g/mol. The summed E-state index contributed by atoms with van der Waals surface area (Å²) in [5, 5.41) is 7.45. The number of para-hydroxylation sites is 1. The zero-order chi connectivity index (χ0) is 25.1. The van der Waals surface area contributed by atoms with E-state index in [1.807, 2.05) is 66.9 Å². The summed E-state index contributed by atoms with van der Waals surface area (Å²) < 4.78 is 9.23. The summed E-state index contributed by atoms with van der Waals surface area (Å²) in [5.74, 6) is 0.454. The molecule has 1 aliphatic heterocycles. The average Bonchev–Trinajstić information content (AvgIpc) is 3.26. The highest BCUT2D eigenvalue weighted by atomic mass is 16.5. The van der Waals surface area contributed by atoms with E-state index in [2.05, 4.69) is 14.6 Å². The fourth-order valence-corrected chi connectivity index (χ4v) is 5.74. The van der Waals surface area contributed by atoms with Crippen LogP contribution < -0.4 is 11.3 Å². The van der Waals surface area contributed by atoms with E-state index < -0.39 is 0 Å². The largest absolute Gasteiger partial charge is 0.383 e. The van der Waals surface area contributed by atoms with E-state index in [-0.39, 0.29) is 5.56 Å². The van der Waals surface area contributed by atoms with Crippen molar-refractivity contribution in [3.63, 3.8) is 0 Å². The van der Waals surface area contributed by atoms with Crippen LogP contribution in [0.3, 0.4) is 0 Å². The number of ether oxygens (including phenoxy) is 1. The van der Waals surface area contributed by atoms with Crippen molar-refractivity contribution < 1.29 is 4.74 Å². The van der Waals surface area contributed by atoms with Gasteiger partial charge in [0.05, 0.1) is 23.0 Å². The zero-order valence-electron chi connectivity index (χ0n) is 20.6. The summed E-state index contributed by atoms with van der Waals surface area (Å²) in [6.45, 7) is 2.01. The average molecular weight is 493 g/mol. The highest BCUT2D eigenvalue weighted by molar-refractivity contribution is 6.01. The van der Waals surface area contributed by atoms with Crippen LogP contribution in [0.1, 0.15) is 18.9 Å². The van der Waals surface area contributed by atoms with E-state index in [0.717, 1.165) is 59.2 Å². The first-order chi connectivity index (χ1) is 18.1. The lowest BCUT2D eigenvalue weighted by atomic mass is 9.83. The van der Waals surface area contributed by atoms with Crippen LogP contribution >= 0.6 is 0 Å². The Morgan fingerprint density at radius 2 is 1.81 bits per heavy atom. The molecule has 2 aliphatic rings. The fraction of sp³-hybridized carbons (Fsp3) is 0.276. The Morgan fingerprint density at radius 1 is 1.00 bits per heavy atom. The molecule has 37 heavy (non-hydrogen) atoms. The van der Waals surface area contributed by atoms with E-state index in [4.69, 9.17) is 15.6 Å². The van der Waals surface area contributed by atoms with Gasteiger partial charge in [-0.15, -0.1) is 0 Å². The Labute approximate surface area is 213 Å². The summed E-state index contributed by atoms with van der Waals surface area (Å²) in [6, 6.07) is 20.4. The molecule has 5 aromatic rings. The topological polar surface area (TPSA) is 91.2 Å². The number of aromatic nitrogens is 4. The van der Waals surface area contributed by atoms with Crippen LogP contribution in [0.2, 0.25) is 0 Å². The maximum Gasteiger partial charge on any atom is 0.262 e. The van der Waals surface area contributed by atoms with Crippen LogP contribution in [0.5, 0.6) is 0 Å². The molecule has 0 bridgehead atoms. The van der Waals surface area contributed by atoms with Crippen molar-refractivity contribution in [3.05, 3.63) is 83.4 Å². The van der Waals surface area contributed by atoms with Crippen LogP contribution in [-0.4, -0.2) is 56.6 Å². The van der Waals surface area contributed by atoms with Crippen molar-refractivity contribution in [1.29, 1.82) is 0 Å². The van der Waals surface area contributed by atoms with E-state index >= 15 is 0 Å². The van der Waals surface area contributed by atoms with Gasteiger partial charge in [0.15, 0.2) is 0 Å². The smallest absolute Gasteiger partial charge is 0.262 e. The predicted octanol–water partition coefficient (Wildman–Crippen LogP) is 4.02. The van der Waals surface area contributed by atoms with Gasteiger partial charge < -0.3 is 10.5 Å². The monoisotopic (exact) mass is 492 g/mol. The molecule has 0 amide bonds. The number of fused-ring (bicyclic) bond motifs is 2. The van der Waals surface area contributed by atoms with Crippen LogP contribution in [0.4, 0.5) is 5.82 Å². The number of nitrogen functional groups attached to an aromatic ring is 1. The second kappa shape index (κ2) is 8.54. The van der Waals surface area contributed by atoms with Gasteiger partial charge in [0, 0.05) is 55.3 Å². The van der Waals surface area contributed by atoms with E-state index in [1.165, 1.54) is 0 Å². The lowest BCUT2D eigenvalue weighted by molar-refractivity contribution is -0.0760. The third kappa shape index (κ3) is 3.55. The van der Waals surface area contributed by atoms with Gasteiger partial charge in [-0.1, -0.05) is 30.3 Å². The third-order valence-electron chi connectivity index (χ3n) is 8.02. The third-order valence-corrected chi connectivity index (χ3v) is 8.02. The first-order valence-electron chi connectivity index (χ1n) is 12.7. The lowest BCUT2D eigenvalue weighted by Gasteiger charge is -2.50. The molecule has 186 valence electrons. The molecule has 2 aromatic carbocycles. The van der Waals surface area contributed by atoms with Crippen LogP contribution in [-0.2, 0) is 4.74 Å². The van der Waals surface area contributed by atoms with Crippen molar-refractivity contribution in [2.24, 2.45) is 0 Å². The predicted molar refractivity (Wildman–Crippen MR) is 145 cm³/mol. The van der Waals surface area contributed by atoms with Gasteiger partial charge in [0.2, 0.25) is 0 Å². The van der Waals surface area contributed by atoms with Crippen molar-refractivity contribution in [3.8, 4) is 16.9 Å². The number of nitrogens with two attached hydrogens (primary N) is 1. The molecule has 4 heterocycles. The van der Waals surface area contributed by atoms with Gasteiger partial charge >= 0.3 is 0 Å². The van der Waals surface area contributed by atoms with Crippen molar-refractivity contribution in [2.45, 2.75) is 31.0 Å². The van der Waals surface area contributed by atoms with Crippen molar-refractivity contribution in [1.82, 2.24) is 24.2 Å². The highest BCUT2D eigenvalue weighted by Crippen LogP contribution is 2.42. The number of pyridine rings is 2. The lowest BCUT2D eigenvalue weighted by Crippen LogP contribution is -2.59. The molecule has 3 aromatic heterocycles. The van der Waals surface area contributed by atoms with E-state index in [1.54, 1.807) is 17.9 Å². The molecule has 0 radical (unpaired) electrons.